The second kappa shape index (κ2) is 5.33. The average molecular weight is 326 g/mol. The summed E-state index contributed by atoms with van der Waals surface area (Å²) in [5.74, 6) is 0.0874. The van der Waals surface area contributed by atoms with Crippen molar-refractivity contribution in [1.82, 2.24) is 19.6 Å². The van der Waals surface area contributed by atoms with E-state index >= 15 is 0 Å². The maximum atomic E-state index is 13.0. The van der Waals surface area contributed by atoms with Crippen LogP contribution in [0.5, 0.6) is 0 Å². The number of imidazole rings is 1. The van der Waals surface area contributed by atoms with Gasteiger partial charge < -0.3 is 9.72 Å². The van der Waals surface area contributed by atoms with Gasteiger partial charge in [-0.25, -0.2) is 9.78 Å². The lowest BCUT2D eigenvalue weighted by atomic mass is 9.73. The summed E-state index contributed by atoms with van der Waals surface area (Å²) >= 11 is 0. The summed E-state index contributed by atoms with van der Waals surface area (Å²) < 4.78 is 1.93. The van der Waals surface area contributed by atoms with Crippen molar-refractivity contribution in [3.05, 3.63) is 35.8 Å². The van der Waals surface area contributed by atoms with Crippen LogP contribution in [0, 0.1) is 12.8 Å². The van der Waals surface area contributed by atoms with Gasteiger partial charge in [0.15, 0.2) is 0 Å². The average Bonchev–Trinajstić information content (AvgIpc) is 3.04. The first-order valence-corrected chi connectivity index (χ1v) is 8.58. The zero-order chi connectivity index (χ0) is 16.9. The number of amides is 3. The zero-order valence-corrected chi connectivity index (χ0v) is 14.1. The van der Waals surface area contributed by atoms with E-state index in [2.05, 4.69) is 17.2 Å². The molecule has 1 spiro atoms. The first kappa shape index (κ1) is 15.2. The highest BCUT2D eigenvalue weighted by Gasteiger charge is 2.54. The van der Waals surface area contributed by atoms with E-state index in [0.29, 0.717) is 0 Å². The Morgan fingerprint density at radius 2 is 2.12 bits per heavy atom. The van der Waals surface area contributed by atoms with Crippen LogP contribution in [0.25, 0.3) is 5.65 Å². The Morgan fingerprint density at radius 1 is 1.29 bits per heavy atom. The van der Waals surface area contributed by atoms with Gasteiger partial charge in [-0.3, -0.25) is 9.69 Å². The van der Waals surface area contributed by atoms with Gasteiger partial charge in [0.1, 0.15) is 11.2 Å². The van der Waals surface area contributed by atoms with Gasteiger partial charge in [0.2, 0.25) is 0 Å². The summed E-state index contributed by atoms with van der Waals surface area (Å²) in [5.41, 5.74) is 1.98. The fourth-order valence-electron chi connectivity index (χ4n) is 4.03. The van der Waals surface area contributed by atoms with E-state index < -0.39 is 5.54 Å². The summed E-state index contributed by atoms with van der Waals surface area (Å²) in [4.78, 5) is 31.3. The van der Waals surface area contributed by atoms with Crippen LogP contribution in [-0.4, -0.2) is 31.8 Å². The lowest BCUT2D eigenvalue weighted by Gasteiger charge is -2.36. The number of nitrogens with zero attached hydrogens (tertiary/aromatic N) is 3. The summed E-state index contributed by atoms with van der Waals surface area (Å²) in [5, 5.41) is 2.98. The molecule has 3 amide bonds. The predicted molar refractivity (Wildman–Crippen MR) is 89.4 cm³/mol. The summed E-state index contributed by atoms with van der Waals surface area (Å²) in [6.07, 6.45) is 7.70. The Labute approximate surface area is 140 Å². The van der Waals surface area contributed by atoms with Gasteiger partial charge in [-0.05, 0) is 37.3 Å². The van der Waals surface area contributed by atoms with Crippen molar-refractivity contribution < 1.29 is 9.59 Å². The van der Waals surface area contributed by atoms with E-state index in [9.17, 15) is 9.59 Å². The van der Waals surface area contributed by atoms with Crippen LogP contribution in [0.15, 0.2) is 24.5 Å². The highest BCUT2D eigenvalue weighted by atomic mass is 16.2. The van der Waals surface area contributed by atoms with E-state index in [0.717, 1.165) is 42.6 Å². The van der Waals surface area contributed by atoms with Gasteiger partial charge in [-0.15, -0.1) is 0 Å². The Balaban J connectivity index is 1.61. The molecule has 1 saturated carbocycles. The molecule has 4 rings (SSSR count). The number of aryl methyl sites for hydroxylation is 1. The Hall–Kier alpha value is -2.37. The van der Waals surface area contributed by atoms with Crippen LogP contribution in [0.1, 0.15) is 43.9 Å². The van der Waals surface area contributed by atoms with Crippen molar-refractivity contribution in [2.24, 2.45) is 5.92 Å². The van der Waals surface area contributed by atoms with E-state index in [1.165, 1.54) is 4.90 Å². The molecule has 6 nitrogen and oxygen atoms in total. The third-order valence-electron chi connectivity index (χ3n) is 5.47. The van der Waals surface area contributed by atoms with E-state index in [-0.39, 0.29) is 24.4 Å². The van der Waals surface area contributed by atoms with Crippen molar-refractivity contribution in [3.8, 4) is 0 Å². The molecule has 0 unspecified atom stereocenters. The fraction of sp³-hybridized carbons (Fsp3) is 0.500. The Kier molecular flexibility index (Phi) is 3.37. The minimum Gasteiger partial charge on any atom is -0.323 e. The van der Waals surface area contributed by atoms with Gasteiger partial charge in [-0.2, -0.15) is 0 Å². The van der Waals surface area contributed by atoms with E-state index in [1.54, 1.807) is 0 Å². The van der Waals surface area contributed by atoms with Crippen molar-refractivity contribution in [3.63, 3.8) is 0 Å². The van der Waals surface area contributed by atoms with Gasteiger partial charge in [-0.1, -0.05) is 25.8 Å². The number of aromatic nitrogens is 2. The molecule has 1 N–H and O–H groups in total. The normalized spacial score (nSPS) is 27.2. The summed E-state index contributed by atoms with van der Waals surface area (Å²) in [7, 11) is 0. The SMILES string of the molecule is Cc1ccc2nc(CN3C(=O)N[C@]4(CCCC[C@@H]4C)C3=O)cn2c1. The molecule has 126 valence electrons. The number of imide groups is 1. The largest absolute Gasteiger partial charge is 0.325 e. The lowest BCUT2D eigenvalue weighted by Crippen LogP contribution is -2.53. The Bertz CT molecular complexity index is 828. The molecule has 0 aromatic carbocycles. The third-order valence-corrected chi connectivity index (χ3v) is 5.47. The summed E-state index contributed by atoms with van der Waals surface area (Å²) in [6, 6.07) is 3.65. The number of carbonyl (C=O) groups excluding carboxylic acids is 2. The second-order valence-corrected chi connectivity index (χ2v) is 7.14. The van der Waals surface area contributed by atoms with Crippen molar-refractivity contribution in [2.45, 2.75) is 51.6 Å². The number of carbonyl (C=O) groups is 2. The molecule has 0 radical (unpaired) electrons. The van der Waals surface area contributed by atoms with Crippen LogP contribution >= 0.6 is 0 Å². The molecule has 1 saturated heterocycles. The fourth-order valence-corrected chi connectivity index (χ4v) is 4.03. The molecule has 2 atom stereocenters. The van der Waals surface area contributed by atoms with E-state index in [1.807, 2.05) is 35.9 Å². The molecule has 2 fully saturated rings. The molecular formula is C18H22N4O2. The smallest absolute Gasteiger partial charge is 0.323 e. The van der Waals surface area contributed by atoms with Crippen LogP contribution in [0.4, 0.5) is 4.79 Å². The van der Waals surface area contributed by atoms with Crippen molar-refractivity contribution >= 4 is 17.6 Å². The first-order valence-electron chi connectivity index (χ1n) is 8.58. The quantitative estimate of drug-likeness (QED) is 0.863. The molecule has 6 heteroatoms. The van der Waals surface area contributed by atoms with Crippen molar-refractivity contribution in [2.75, 3.05) is 0 Å². The molecule has 1 aliphatic heterocycles. The van der Waals surface area contributed by atoms with Crippen LogP contribution in [0.3, 0.4) is 0 Å². The minimum atomic E-state index is -0.703. The maximum absolute atomic E-state index is 13.0. The molecule has 2 aromatic heterocycles. The number of hydrogen-bond donors (Lipinski definition) is 1. The maximum Gasteiger partial charge on any atom is 0.325 e. The highest BCUT2D eigenvalue weighted by Crippen LogP contribution is 2.38. The number of nitrogens with one attached hydrogen (secondary N) is 1. The molecular weight excluding hydrogens is 304 g/mol. The van der Waals surface area contributed by atoms with Gasteiger partial charge >= 0.3 is 6.03 Å². The topological polar surface area (TPSA) is 66.7 Å². The number of pyridine rings is 1. The van der Waals surface area contributed by atoms with Gasteiger partial charge in [0.05, 0.1) is 12.2 Å². The molecule has 3 heterocycles. The summed E-state index contributed by atoms with van der Waals surface area (Å²) in [6.45, 7) is 4.30. The van der Waals surface area contributed by atoms with Crippen LogP contribution in [0.2, 0.25) is 0 Å². The van der Waals surface area contributed by atoms with Gasteiger partial charge in [0, 0.05) is 12.4 Å². The monoisotopic (exact) mass is 326 g/mol. The molecule has 24 heavy (non-hydrogen) atoms. The Morgan fingerprint density at radius 3 is 2.92 bits per heavy atom. The predicted octanol–water partition coefficient (Wildman–Crippen LogP) is 2.64. The van der Waals surface area contributed by atoms with Crippen LogP contribution < -0.4 is 5.32 Å². The first-order chi connectivity index (χ1) is 11.5. The number of fused-ring (bicyclic) bond motifs is 1. The van der Waals surface area contributed by atoms with Gasteiger partial charge in [0.25, 0.3) is 5.91 Å². The lowest BCUT2D eigenvalue weighted by molar-refractivity contribution is -0.134. The zero-order valence-electron chi connectivity index (χ0n) is 14.1. The second-order valence-electron chi connectivity index (χ2n) is 7.14. The molecule has 2 aromatic rings. The van der Waals surface area contributed by atoms with E-state index in [4.69, 9.17) is 0 Å². The number of urea groups is 1. The van der Waals surface area contributed by atoms with Crippen molar-refractivity contribution in [1.29, 1.82) is 0 Å². The number of hydrogen-bond acceptors (Lipinski definition) is 3. The molecule has 1 aliphatic carbocycles. The minimum absolute atomic E-state index is 0.0899. The third kappa shape index (κ3) is 2.20. The van der Waals surface area contributed by atoms with Crippen LogP contribution in [-0.2, 0) is 11.3 Å². The molecule has 2 aliphatic rings. The highest BCUT2D eigenvalue weighted by molar-refractivity contribution is 6.07. The molecule has 0 bridgehead atoms. The standard InChI is InChI=1S/C18H22N4O2/c1-12-6-7-15-19-14(10-21(15)9-12)11-22-16(23)18(20-17(22)24)8-4-3-5-13(18)2/h6-7,9-10,13H,3-5,8,11H2,1-2H3,(H,20,24)/t13-,18-/m0/s1. The number of rotatable bonds is 2.